The van der Waals surface area contributed by atoms with E-state index in [2.05, 4.69) is 10.6 Å². The molecule has 10 nitrogen and oxygen atoms in total. The topological polar surface area (TPSA) is 133 Å². The van der Waals surface area contributed by atoms with Crippen molar-refractivity contribution in [1.82, 2.24) is 0 Å². The van der Waals surface area contributed by atoms with Gasteiger partial charge in [-0.25, -0.2) is 0 Å². The molecule has 3 rings (SSSR count). The van der Waals surface area contributed by atoms with Crippen molar-refractivity contribution in [3.63, 3.8) is 0 Å². The number of carbonyl (C=O) groups excluding carboxylic acids is 6. The molecular formula is C30H26N4O6. The number of carbonyl (C=O) groups is 6. The summed E-state index contributed by atoms with van der Waals surface area (Å²) in [5, 5.41) is 5.54. The highest BCUT2D eigenvalue weighted by Crippen LogP contribution is 2.19. The van der Waals surface area contributed by atoms with E-state index in [-0.39, 0.29) is 23.6 Å². The molecule has 0 aliphatic heterocycles. The molecule has 4 amide bonds. The number of allylic oxidation sites excluding steroid dienone is 2. The Labute approximate surface area is 230 Å². The van der Waals surface area contributed by atoms with Crippen molar-refractivity contribution < 1.29 is 28.8 Å². The van der Waals surface area contributed by atoms with E-state index in [4.69, 9.17) is 0 Å². The van der Waals surface area contributed by atoms with E-state index >= 15 is 0 Å². The number of nitrogens with zero attached hydrogens (tertiary/aromatic N) is 2. The Balaban J connectivity index is 1.57. The van der Waals surface area contributed by atoms with Gasteiger partial charge in [-0.3, -0.25) is 28.8 Å². The predicted molar refractivity (Wildman–Crippen MR) is 152 cm³/mol. The number of rotatable bonds is 10. The lowest BCUT2D eigenvalue weighted by Crippen LogP contribution is -2.24. The maximum Gasteiger partial charge on any atom is 0.255 e. The summed E-state index contributed by atoms with van der Waals surface area (Å²) in [4.78, 5) is 72.7. The number of nitrogens with one attached hydrogen (secondary N) is 2. The summed E-state index contributed by atoms with van der Waals surface area (Å²) in [7, 11) is 3.11. The van der Waals surface area contributed by atoms with Gasteiger partial charge in [-0.2, -0.15) is 0 Å². The SMILES string of the molecule is CN(C(=O)/C=C\C=O)c1ccc(C(=O)Nc2ccc(NC(=O)c3ccc(N(C)C(=O)/C=C\C=O)cc3)cc2)cc1. The fraction of sp³-hybridized carbons (Fsp3) is 0.0667. The Bertz CT molecular complexity index is 1350. The van der Waals surface area contributed by atoms with Gasteiger partial charge in [0.05, 0.1) is 0 Å². The minimum absolute atomic E-state index is 0.358. The largest absolute Gasteiger partial charge is 0.322 e. The van der Waals surface area contributed by atoms with Gasteiger partial charge >= 0.3 is 0 Å². The first-order valence-corrected chi connectivity index (χ1v) is 12.0. The van der Waals surface area contributed by atoms with Crippen LogP contribution >= 0.6 is 0 Å². The first-order chi connectivity index (χ1) is 19.2. The third-order valence-corrected chi connectivity index (χ3v) is 5.73. The number of aldehydes is 2. The van der Waals surface area contributed by atoms with Crippen LogP contribution in [0.3, 0.4) is 0 Å². The molecule has 202 valence electrons. The quantitative estimate of drug-likeness (QED) is 0.299. The van der Waals surface area contributed by atoms with Crippen LogP contribution in [0.2, 0.25) is 0 Å². The van der Waals surface area contributed by atoms with E-state index < -0.39 is 0 Å². The third-order valence-electron chi connectivity index (χ3n) is 5.73. The number of amides is 4. The Morgan fingerprint density at radius 3 is 1.18 bits per heavy atom. The van der Waals surface area contributed by atoms with Crippen LogP contribution in [0, 0.1) is 0 Å². The summed E-state index contributed by atoms with van der Waals surface area (Å²) in [6.07, 6.45) is 5.55. The van der Waals surface area contributed by atoms with Crippen molar-refractivity contribution >= 4 is 59.0 Å². The molecule has 0 aliphatic rings. The summed E-state index contributed by atoms with van der Waals surface area (Å²) in [6.45, 7) is 0. The number of likely N-dealkylation sites (N-methyl/N-ethyl adjacent to an activating group) is 2. The minimum Gasteiger partial charge on any atom is -0.322 e. The zero-order valence-corrected chi connectivity index (χ0v) is 21.7. The zero-order valence-electron chi connectivity index (χ0n) is 21.7. The van der Waals surface area contributed by atoms with Crippen LogP contribution in [0.15, 0.2) is 97.1 Å². The van der Waals surface area contributed by atoms with E-state index in [1.807, 2.05) is 0 Å². The van der Waals surface area contributed by atoms with Gasteiger partial charge in [-0.15, -0.1) is 0 Å². The smallest absolute Gasteiger partial charge is 0.255 e. The summed E-state index contributed by atoms with van der Waals surface area (Å²) < 4.78 is 0. The molecule has 0 bridgehead atoms. The van der Waals surface area contributed by atoms with Gasteiger partial charge < -0.3 is 20.4 Å². The molecule has 0 radical (unpaired) electrons. The second-order valence-corrected chi connectivity index (χ2v) is 8.36. The van der Waals surface area contributed by atoms with E-state index in [1.54, 1.807) is 86.9 Å². The van der Waals surface area contributed by atoms with E-state index in [9.17, 15) is 28.8 Å². The number of anilines is 4. The molecule has 0 aliphatic carbocycles. The standard InChI is InChI=1S/C30H26N4O6/c1-33(27(37)5-3-19-35)25-15-7-21(8-16-25)29(39)31-23-11-13-24(14-12-23)32-30(40)22-9-17-26(18-10-22)34(2)28(38)6-4-20-36/h3-20H,1-2H3,(H,31,39)(H,32,40)/b5-3-,6-4-. The Hall–Kier alpha value is -5.64. The maximum absolute atomic E-state index is 12.6. The number of benzene rings is 3. The Kier molecular flexibility index (Phi) is 9.96. The van der Waals surface area contributed by atoms with Crippen molar-refractivity contribution in [2.45, 2.75) is 0 Å². The monoisotopic (exact) mass is 538 g/mol. The zero-order chi connectivity index (χ0) is 29.1. The lowest BCUT2D eigenvalue weighted by Gasteiger charge is -2.15. The van der Waals surface area contributed by atoms with Crippen LogP contribution in [0.4, 0.5) is 22.7 Å². The van der Waals surface area contributed by atoms with Crippen molar-refractivity contribution in [2.24, 2.45) is 0 Å². The van der Waals surface area contributed by atoms with E-state index in [1.165, 1.54) is 9.80 Å². The lowest BCUT2D eigenvalue weighted by atomic mass is 10.1. The van der Waals surface area contributed by atoms with Crippen molar-refractivity contribution in [3.8, 4) is 0 Å². The van der Waals surface area contributed by atoms with Crippen LogP contribution in [0.5, 0.6) is 0 Å². The molecule has 2 N–H and O–H groups in total. The minimum atomic E-state index is -0.377. The van der Waals surface area contributed by atoms with Crippen LogP contribution in [-0.2, 0) is 19.2 Å². The summed E-state index contributed by atoms with van der Waals surface area (Å²) in [6, 6.07) is 19.4. The highest BCUT2D eigenvalue weighted by Gasteiger charge is 2.12. The fourth-order valence-electron chi connectivity index (χ4n) is 3.44. The van der Waals surface area contributed by atoms with Gasteiger partial charge in [0.15, 0.2) is 0 Å². The van der Waals surface area contributed by atoms with Gasteiger partial charge in [-0.1, -0.05) is 0 Å². The average molecular weight is 539 g/mol. The molecular weight excluding hydrogens is 512 g/mol. The summed E-state index contributed by atoms with van der Waals surface area (Å²) >= 11 is 0. The molecule has 3 aromatic carbocycles. The Morgan fingerprint density at radius 1 is 0.550 bits per heavy atom. The second-order valence-electron chi connectivity index (χ2n) is 8.36. The van der Waals surface area contributed by atoms with Crippen LogP contribution in [0.1, 0.15) is 20.7 Å². The first kappa shape index (κ1) is 28.9. The van der Waals surface area contributed by atoms with E-state index in [0.717, 1.165) is 24.3 Å². The first-order valence-electron chi connectivity index (χ1n) is 12.0. The van der Waals surface area contributed by atoms with Crippen molar-refractivity contribution in [3.05, 3.63) is 108 Å². The maximum atomic E-state index is 12.6. The molecule has 0 saturated heterocycles. The molecule has 10 heteroatoms. The average Bonchev–Trinajstić information content (AvgIpc) is 2.98. The van der Waals surface area contributed by atoms with Gasteiger partial charge in [0, 0.05) is 60.1 Å². The molecule has 0 atom stereocenters. The highest BCUT2D eigenvalue weighted by atomic mass is 16.2. The van der Waals surface area contributed by atoms with Gasteiger partial charge in [-0.05, 0) is 84.9 Å². The van der Waals surface area contributed by atoms with Crippen LogP contribution in [-0.4, -0.2) is 50.3 Å². The fourth-order valence-corrected chi connectivity index (χ4v) is 3.44. The predicted octanol–water partition coefficient (Wildman–Crippen LogP) is 3.63. The number of hydrogen-bond donors (Lipinski definition) is 2. The normalized spacial score (nSPS) is 10.7. The Morgan fingerprint density at radius 2 is 0.875 bits per heavy atom. The molecule has 0 saturated carbocycles. The second kappa shape index (κ2) is 13.8. The third kappa shape index (κ3) is 7.68. The molecule has 3 aromatic rings. The summed E-state index contributed by atoms with van der Waals surface area (Å²) in [5.74, 6) is -1.47. The molecule has 0 aromatic heterocycles. The van der Waals surface area contributed by atoms with Crippen LogP contribution < -0.4 is 20.4 Å². The highest BCUT2D eigenvalue weighted by molar-refractivity contribution is 6.07. The van der Waals surface area contributed by atoms with E-state index in [0.29, 0.717) is 46.4 Å². The van der Waals surface area contributed by atoms with Crippen molar-refractivity contribution in [2.75, 3.05) is 34.5 Å². The molecule has 0 fully saturated rings. The van der Waals surface area contributed by atoms with Gasteiger partial charge in [0.2, 0.25) is 0 Å². The molecule has 0 unspecified atom stereocenters. The molecule has 0 spiro atoms. The van der Waals surface area contributed by atoms with Gasteiger partial charge in [0.25, 0.3) is 23.6 Å². The van der Waals surface area contributed by atoms with Crippen LogP contribution in [0.25, 0.3) is 0 Å². The molecule has 0 heterocycles. The molecule has 40 heavy (non-hydrogen) atoms. The van der Waals surface area contributed by atoms with Crippen molar-refractivity contribution in [1.29, 1.82) is 0 Å². The lowest BCUT2D eigenvalue weighted by molar-refractivity contribution is -0.114. The number of hydrogen-bond acceptors (Lipinski definition) is 6. The summed E-state index contributed by atoms with van der Waals surface area (Å²) in [5.41, 5.74) is 2.89. The van der Waals surface area contributed by atoms with Gasteiger partial charge in [0.1, 0.15) is 12.6 Å².